The summed E-state index contributed by atoms with van der Waals surface area (Å²) in [6.07, 6.45) is 0.744. The fourth-order valence-corrected chi connectivity index (χ4v) is 3.14. The summed E-state index contributed by atoms with van der Waals surface area (Å²) in [6.45, 7) is 1.85. The minimum atomic E-state index is -0.626. The Labute approximate surface area is 187 Å². The van der Waals surface area contributed by atoms with Gasteiger partial charge in [-0.2, -0.15) is 0 Å². The first-order chi connectivity index (χ1) is 15.6. The second-order valence-electron chi connectivity index (χ2n) is 7.12. The zero-order chi connectivity index (χ0) is 22.8. The van der Waals surface area contributed by atoms with Crippen LogP contribution in [0.5, 0.6) is 0 Å². The van der Waals surface area contributed by atoms with Gasteiger partial charge in [0.05, 0.1) is 12.2 Å². The number of ether oxygens (including phenoxy) is 2. The quantitative estimate of drug-likeness (QED) is 0.502. The van der Waals surface area contributed by atoms with Crippen LogP contribution in [0.3, 0.4) is 0 Å². The summed E-state index contributed by atoms with van der Waals surface area (Å²) in [5.41, 5.74) is 2.46. The van der Waals surface area contributed by atoms with Crippen LogP contribution in [0.1, 0.15) is 40.7 Å². The van der Waals surface area contributed by atoms with Crippen LogP contribution in [0.25, 0.3) is 0 Å². The van der Waals surface area contributed by atoms with Gasteiger partial charge in [0.1, 0.15) is 5.92 Å². The molecule has 0 spiro atoms. The average Bonchev–Trinajstić information content (AvgIpc) is 2.83. The Kier molecular flexibility index (Phi) is 8.15. The topological polar surface area (TPSA) is 81.7 Å². The number of benzene rings is 3. The zero-order valence-electron chi connectivity index (χ0n) is 17.8. The summed E-state index contributed by atoms with van der Waals surface area (Å²) < 4.78 is 10.4. The van der Waals surface area contributed by atoms with Crippen molar-refractivity contribution in [3.05, 3.63) is 102 Å². The van der Waals surface area contributed by atoms with Crippen molar-refractivity contribution >= 4 is 23.5 Å². The SMILES string of the molecule is CCCOC(=O)c1ccc(NC(=O)COC(=O)C(c2ccccc2)c2ccccc2)cc1. The van der Waals surface area contributed by atoms with Gasteiger partial charge in [-0.05, 0) is 41.8 Å². The maximum atomic E-state index is 12.9. The molecule has 1 N–H and O–H groups in total. The molecule has 0 saturated heterocycles. The number of hydrogen-bond donors (Lipinski definition) is 1. The average molecular weight is 431 g/mol. The number of carbonyl (C=O) groups is 3. The lowest BCUT2D eigenvalue weighted by atomic mass is 9.91. The minimum Gasteiger partial charge on any atom is -0.462 e. The van der Waals surface area contributed by atoms with Crippen LogP contribution in [0.15, 0.2) is 84.9 Å². The normalized spacial score (nSPS) is 10.4. The van der Waals surface area contributed by atoms with E-state index < -0.39 is 30.4 Å². The first kappa shape index (κ1) is 22.7. The standard InChI is InChI=1S/C26H25NO5/c1-2-17-31-25(29)21-13-15-22(16-14-21)27-23(28)18-32-26(30)24(19-9-5-3-6-10-19)20-11-7-4-8-12-20/h3-16,24H,2,17-18H2,1H3,(H,27,28). The first-order valence-electron chi connectivity index (χ1n) is 10.4. The molecule has 0 fully saturated rings. The maximum absolute atomic E-state index is 12.9. The van der Waals surface area contributed by atoms with Crippen LogP contribution in [-0.4, -0.2) is 31.1 Å². The summed E-state index contributed by atoms with van der Waals surface area (Å²) in [7, 11) is 0. The molecule has 32 heavy (non-hydrogen) atoms. The molecule has 164 valence electrons. The van der Waals surface area contributed by atoms with E-state index in [9.17, 15) is 14.4 Å². The highest BCUT2D eigenvalue weighted by Crippen LogP contribution is 2.26. The molecular weight excluding hydrogens is 406 g/mol. The Bertz CT molecular complexity index is 993. The van der Waals surface area contributed by atoms with Crippen molar-refractivity contribution in [3.63, 3.8) is 0 Å². The van der Waals surface area contributed by atoms with E-state index in [1.165, 1.54) is 0 Å². The molecule has 0 heterocycles. The van der Waals surface area contributed by atoms with Crippen molar-refractivity contribution in [2.24, 2.45) is 0 Å². The van der Waals surface area contributed by atoms with Crippen LogP contribution >= 0.6 is 0 Å². The summed E-state index contributed by atoms with van der Waals surface area (Å²) in [5.74, 6) is -2.02. The third-order valence-electron chi connectivity index (χ3n) is 4.69. The minimum absolute atomic E-state index is 0.357. The fourth-order valence-electron chi connectivity index (χ4n) is 3.14. The molecule has 3 aromatic rings. The molecule has 6 heteroatoms. The number of anilines is 1. The predicted molar refractivity (Wildman–Crippen MR) is 121 cm³/mol. The van der Waals surface area contributed by atoms with Crippen molar-refractivity contribution in [1.29, 1.82) is 0 Å². The molecule has 3 aromatic carbocycles. The van der Waals surface area contributed by atoms with E-state index in [4.69, 9.17) is 9.47 Å². The van der Waals surface area contributed by atoms with E-state index in [1.54, 1.807) is 24.3 Å². The number of carbonyl (C=O) groups excluding carboxylic acids is 3. The second-order valence-corrected chi connectivity index (χ2v) is 7.12. The maximum Gasteiger partial charge on any atom is 0.338 e. The van der Waals surface area contributed by atoms with Gasteiger partial charge in [0.15, 0.2) is 6.61 Å². The summed E-state index contributed by atoms with van der Waals surface area (Å²) in [6, 6.07) is 24.9. The molecule has 0 radical (unpaired) electrons. The third-order valence-corrected chi connectivity index (χ3v) is 4.69. The van der Waals surface area contributed by atoms with Crippen molar-refractivity contribution in [1.82, 2.24) is 0 Å². The molecule has 0 aliphatic carbocycles. The van der Waals surface area contributed by atoms with Crippen molar-refractivity contribution in [2.75, 3.05) is 18.5 Å². The van der Waals surface area contributed by atoms with Crippen molar-refractivity contribution in [3.8, 4) is 0 Å². The van der Waals surface area contributed by atoms with Crippen molar-refractivity contribution < 1.29 is 23.9 Å². The number of esters is 2. The molecule has 0 aliphatic heterocycles. The van der Waals surface area contributed by atoms with Gasteiger partial charge < -0.3 is 14.8 Å². The largest absolute Gasteiger partial charge is 0.462 e. The van der Waals surface area contributed by atoms with Crippen molar-refractivity contribution in [2.45, 2.75) is 19.3 Å². The van der Waals surface area contributed by atoms with Crippen LogP contribution in [0.4, 0.5) is 5.69 Å². The van der Waals surface area contributed by atoms with E-state index in [2.05, 4.69) is 5.32 Å². The van der Waals surface area contributed by atoms with Gasteiger partial charge in [0, 0.05) is 5.69 Å². The van der Waals surface area contributed by atoms with E-state index in [0.29, 0.717) is 17.9 Å². The van der Waals surface area contributed by atoms with Gasteiger partial charge in [-0.3, -0.25) is 9.59 Å². The lowest BCUT2D eigenvalue weighted by Crippen LogP contribution is -2.24. The highest BCUT2D eigenvalue weighted by molar-refractivity contribution is 5.95. The fraction of sp³-hybridized carbons (Fsp3) is 0.192. The van der Waals surface area contributed by atoms with E-state index >= 15 is 0 Å². The Balaban J connectivity index is 1.59. The number of nitrogens with one attached hydrogen (secondary N) is 1. The molecule has 0 bridgehead atoms. The monoisotopic (exact) mass is 431 g/mol. The molecular formula is C26H25NO5. The van der Waals surface area contributed by atoms with E-state index in [-0.39, 0.29) is 0 Å². The van der Waals surface area contributed by atoms with Gasteiger partial charge in [-0.25, -0.2) is 4.79 Å². The number of hydrogen-bond acceptors (Lipinski definition) is 5. The Hall–Kier alpha value is -3.93. The smallest absolute Gasteiger partial charge is 0.338 e. The molecule has 0 atom stereocenters. The Morgan fingerprint density at radius 3 is 1.88 bits per heavy atom. The lowest BCUT2D eigenvalue weighted by Gasteiger charge is -2.17. The van der Waals surface area contributed by atoms with Gasteiger partial charge in [-0.1, -0.05) is 67.6 Å². The summed E-state index contributed by atoms with van der Waals surface area (Å²) in [5, 5.41) is 2.66. The molecule has 0 unspecified atom stereocenters. The molecule has 0 aliphatic rings. The van der Waals surface area contributed by atoms with E-state index in [1.807, 2.05) is 67.6 Å². The summed E-state index contributed by atoms with van der Waals surface area (Å²) >= 11 is 0. The van der Waals surface area contributed by atoms with Gasteiger partial charge in [-0.15, -0.1) is 0 Å². The van der Waals surface area contributed by atoms with Gasteiger partial charge in [0.2, 0.25) is 0 Å². The van der Waals surface area contributed by atoms with E-state index in [0.717, 1.165) is 17.5 Å². The molecule has 0 aromatic heterocycles. The van der Waals surface area contributed by atoms with Gasteiger partial charge >= 0.3 is 11.9 Å². The van der Waals surface area contributed by atoms with Crippen LogP contribution in [0, 0.1) is 0 Å². The number of amides is 1. The predicted octanol–water partition coefficient (Wildman–Crippen LogP) is 4.57. The van der Waals surface area contributed by atoms with Crippen LogP contribution in [0.2, 0.25) is 0 Å². The lowest BCUT2D eigenvalue weighted by molar-refractivity contribution is -0.147. The highest BCUT2D eigenvalue weighted by atomic mass is 16.5. The van der Waals surface area contributed by atoms with Crippen LogP contribution in [-0.2, 0) is 19.1 Å². The molecule has 3 rings (SSSR count). The molecule has 0 saturated carbocycles. The number of rotatable bonds is 9. The molecule has 6 nitrogen and oxygen atoms in total. The second kappa shape index (κ2) is 11.5. The summed E-state index contributed by atoms with van der Waals surface area (Å²) in [4.78, 5) is 37.0. The Morgan fingerprint density at radius 1 is 0.781 bits per heavy atom. The Morgan fingerprint density at radius 2 is 1.34 bits per heavy atom. The van der Waals surface area contributed by atoms with Crippen LogP contribution < -0.4 is 5.32 Å². The zero-order valence-corrected chi connectivity index (χ0v) is 17.8. The highest BCUT2D eigenvalue weighted by Gasteiger charge is 2.24. The third kappa shape index (κ3) is 6.28. The molecule has 1 amide bonds. The first-order valence-corrected chi connectivity index (χ1v) is 10.4. The van der Waals surface area contributed by atoms with Gasteiger partial charge in [0.25, 0.3) is 5.91 Å².